The number of nitriles is 1. The average Bonchev–Trinajstić information content (AvgIpc) is 2.38. The highest BCUT2D eigenvalue weighted by Gasteiger charge is 2.47. The number of amides is 1. The molecule has 0 aromatic heterocycles. The fourth-order valence-electron chi connectivity index (χ4n) is 2.67. The van der Waals surface area contributed by atoms with Crippen LogP contribution in [0.1, 0.15) is 45.4 Å². The second kappa shape index (κ2) is 4.30. The lowest BCUT2D eigenvalue weighted by molar-refractivity contribution is -0.143. The minimum Gasteiger partial charge on any atom is -0.390 e. The van der Waals surface area contributed by atoms with E-state index in [-0.39, 0.29) is 5.91 Å². The van der Waals surface area contributed by atoms with Gasteiger partial charge in [-0.15, -0.1) is 0 Å². The zero-order chi connectivity index (χ0) is 12.5. The van der Waals surface area contributed by atoms with Gasteiger partial charge in [-0.3, -0.25) is 4.79 Å². The van der Waals surface area contributed by atoms with Gasteiger partial charge in [0.25, 0.3) is 0 Å². The van der Waals surface area contributed by atoms with Gasteiger partial charge < -0.3 is 10.0 Å². The van der Waals surface area contributed by atoms with Gasteiger partial charge in [-0.1, -0.05) is 0 Å². The second-order valence-corrected chi connectivity index (χ2v) is 5.69. The molecule has 4 nitrogen and oxygen atoms in total. The van der Waals surface area contributed by atoms with Crippen molar-refractivity contribution in [3.8, 4) is 6.07 Å². The molecule has 17 heavy (non-hydrogen) atoms. The van der Waals surface area contributed by atoms with Crippen molar-refractivity contribution < 1.29 is 9.90 Å². The van der Waals surface area contributed by atoms with Crippen LogP contribution in [-0.4, -0.2) is 34.6 Å². The van der Waals surface area contributed by atoms with Crippen LogP contribution < -0.4 is 0 Å². The molecule has 4 heteroatoms. The summed E-state index contributed by atoms with van der Waals surface area (Å²) in [6.07, 6.45) is 4.55. The molecule has 2 aliphatic rings. The van der Waals surface area contributed by atoms with Crippen LogP contribution >= 0.6 is 0 Å². The van der Waals surface area contributed by atoms with E-state index in [2.05, 4.69) is 6.07 Å². The number of carbonyl (C=O) groups excluding carboxylic acids is 1. The molecule has 1 N–H and O–H groups in total. The maximum absolute atomic E-state index is 12.3. The Bertz CT molecular complexity index is 353. The zero-order valence-electron chi connectivity index (χ0n) is 10.4. The minimum atomic E-state index is -0.740. The van der Waals surface area contributed by atoms with E-state index in [0.29, 0.717) is 32.4 Å². The summed E-state index contributed by atoms with van der Waals surface area (Å²) in [5, 5.41) is 19.1. The first-order chi connectivity index (χ1) is 7.99. The van der Waals surface area contributed by atoms with Crippen molar-refractivity contribution >= 4 is 5.91 Å². The number of hydrogen-bond acceptors (Lipinski definition) is 3. The summed E-state index contributed by atoms with van der Waals surface area (Å²) in [4.78, 5) is 14.1. The van der Waals surface area contributed by atoms with Gasteiger partial charge in [0, 0.05) is 13.1 Å². The van der Waals surface area contributed by atoms with E-state index in [1.807, 2.05) is 6.92 Å². The summed E-state index contributed by atoms with van der Waals surface area (Å²) < 4.78 is 0. The highest BCUT2D eigenvalue weighted by Crippen LogP contribution is 2.42. The summed E-state index contributed by atoms with van der Waals surface area (Å²) in [5.74, 6) is -0.0102. The van der Waals surface area contributed by atoms with Crippen molar-refractivity contribution in [2.24, 2.45) is 5.41 Å². The monoisotopic (exact) mass is 236 g/mol. The van der Waals surface area contributed by atoms with Gasteiger partial charge in [0.05, 0.1) is 11.7 Å². The number of nitrogens with zero attached hydrogens (tertiary/aromatic N) is 2. The number of aliphatic hydroxyl groups is 1. The topological polar surface area (TPSA) is 64.3 Å². The fraction of sp³-hybridized carbons (Fsp3) is 0.846. The molecule has 0 spiro atoms. The Morgan fingerprint density at radius 1 is 1.24 bits per heavy atom. The Morgan fingerprint density at radius 3 is 2.47 bits per heavy atom. The third-order valence-electron chi connectivity index (χ3n) is 4.18. The average molecular weight is 236 g/mol. The Labute approximate surface area is 102 Å². The molecule has 0 bridgehead atoms. The Balaban J connectivity index is 2.03. The molecule has 1 atom stereocenters. The SMILES string of the molecule is CC1(O)CCCN(C(=O)C2(C#N)CCC2)CC1. The predicted molar refractivity (Wildman–Crippen MR) is 63.0 cm³/mol. The third-order valence-corrected chi connectivity index (χ3v) is 4.18. The van der Waals surface area contributed by atoms with Gasteiger partial charge in [0.2, 0.25) is 5.91 Å². The second-order valence-electron chi connectivity index (χ2n) is 5.69. The van der Waals surface area contributed by atoms with Gasteiger partial charge in [0.15, 0.2) is 0 Å². The molecule has 1 aliphatic carbocycles. The minimum absolute atomic E-state index is 0.0102. The molecule has 0 radical (unpaired) electrons. The highest BCUT2D eigenvalue weighted by molar-refractivity contribution is 5.86. The summed E-state index contributed by atoms with van der Waals surface area (Å²) in [7, 11) is 0. The van der Waals surface area contributed by atoms with E-state index in [4.69, 9.17) is 5.26 Å². The number of hydrogen-bond donors (Lipinski definition) is 1. The van der Waals surface area contributed by atoms with Crippen LogP contribution in [0.2, 0.25) is 0 Å². The van der Waals surface area contributed by atoms with E-state index in [1.54, 1.807) is 4.90 Å². The molecule has 0 aromatic rings. The zero-order valence-corrected chi connectivity index (χ0v) is 10.4. The van der Waals surface area contributed by atoms with Crippen molar-refractivity contribution in [1.82, 2.24) is 4.90 Å². The van der Waals surface area contributed by atoms with Crippen LogP contribution in [0.4, 0.5) is 0 Å². The molecule has 1 amide bonds. The van der Waals surface area contributed by atoms with Gasteiger partial charge in [-0.25, -0.2) is 0 Å². The maximum atomic E-state index is 12.3. The normalized spacial score (nSPS) is 32.2. The lowest BCUT2D eigenvalue weighted by Gasteiger charge is -2.37. The first-order valence-electron chi connectivity index (χ1n) is 6.42. The highest BCUT2D eigenvalue weighted by atomic mass is 16.3. The lowest BCUT2D eigenvalue weighted by atomic mass is 9.69. The number of rotatable bonds is 1. The van der Waals surface area contributed by atoms with Crippen LogP contribution in [0.15, 0.2) is 0 Å². The lowest BCUT2D eigenvalue weighted by Crippen LogP contribution is -2.47. The number of carbonyl (C=O) groups is 1. The first kappa shape index (κ1) is 12.4. The molecule has 2 fully saturated rings. The summed E-state index contributed by atoms with van der Waals surface area (Å²) in [5.41, 5.74) is -1.40. The van der Waals surface area contributed by atoms with Crippen molar-refractivity contribution in [1.29, 1.82) is 5.26 Å². The van der Waals surface area contributed by atoms with Gasteiger partial charge in [-0.2, -0.15) is 5.26 Å². The molecule has 1 heterocycles. The van der Waals surface area contributed by atoms with Crippen molar-refractivity contribution in [2.45, 2.75) is 51.0 Å². The largest absolute Gasteiger partial charge is 0.390 e. The quantitative estimate of drug-likeness (QED) is 0.749. The molecular formula is C13H20N2O2. The van der Waals surface area contributed by atoms with E-state index in [1.165, 1.54) is 0 Å². The third kappa shape index (κ3) is 2.30. The van der Waals surface area contributed by atoms with Gasteiger partial charge in [-0.05, 0) is 45.4 Å². The van der Waals surface area contributed by atoms with Crippen LogP contribution in [0.5, 0.6) is 0 Å². The molecule has 94 valence electrons. The van der Waals surface area contributed by atoms with E-state index in [0.717, 1.165) is 19.3 Å². The van der Waals surface area contributed by atoms with Crippen LogP contribution in [0, 0.1) is 16.7 Å². The van der Waals surface area contributed by atoms with Crippen molar-refractivity contribution in [3.05, 3.63) is 0 Å². The molecule has 1 saturated carbocycles. The van der Waals surface area contributed by atoms with E-state index in [9.17, 15) is 9.90 Å². The standard InChI is InChI=1S/C13H20N2O2/c1-12(17)4-3-8-15(9-7-12)11(16)13(10-14)5-2-6-13/h17H,2-9H2,1H3. The maximum Gasteiger partial charge on any atom is 0.243 e. The van der Waals surface area contributed by atoms with Gasteiger partial charge in [0.1, 0.15) is 5.41 Å². The molecule has 0 aromatic carbocycles. The summed E-state index contributed by atoms with van der Waals surface area (Å²) in [6, 6.07) is 2.20. The molecule has 1 unspecified atom stereocenters. The summed E-state index contributed by atoms with van der Waals surface area (Å²) >= 11 is 0. The Kier molecular flexibility index (Phi) is 3.13. The van der Waals surface area contributed by atoms with Crippen molar-refractivity contribution in [2.75, 3.05) is 13.1 Å². The van der Waals surface area contributed by atoms with Crippen molar-refractivity contribution in [3.63, 3.8) is 0 Å². The van der Waals surface area contributed by atoms with Gasteiger partial charge >= 0.3 is 0 Å². The van der Waals surface area contributed by atoms with E-state index >= 15 is 0 Å². The van der Waals surface area contributed by atoms with Crippen LogP contribution in [0.25, 0.3) is 0 Å². The Hall–Kier alpha value is -1.08. The molecule has 1 saturated heterocycles. The first-order valence-corrected chi connectivity index (χ1v) is 6.42. The molecule has 2 rings (SSSR count). The van der Waals surface area contributed by atoms with Crippen LogP contribution in [0.3, 0.4) is 0 Å². The van der Waals surface area contributed by atoms with Crippen LogP contribution in [-0.2, 0) is 4.79 Å². The Morgan fingerprint density at radius 2 is 1.94 bits per heavy atom. The number of likely N-dealkylation sites (tertiary alicyclic amines) is 1. The summed E-state index contributed by atoms with van der Waals surface area (Å²) in [6.45, 7) is 3.08. The molecule has 1 aliphatic heterocycles. The fourth-order valence-corrected chi connectivity index (χ4v) is 2.67. The smallest absolute Gasteiger partial charge is 0.243 e. The van der Waals surface area contributed by atoms with E-state index < -0.39 is 11.0 Å². The predicted octanol–water partition coefficient (Wildman–Crippen LogP) is 1.44. The molecular weight excluding hydrogens is 216 g/mol.